The molecule has 1 fully saturated rings. The van der Waals surface area contributed by atoms with Crippen molar-refractivity contribution in [1.82, 2.24) is 4.90 Å². The van der Waals surface area contributed by atoms with Crippen LogP contribution in [0, 0.1) is 5.92 Å². The lowest BCUT2D eigenvalue weighted by Crippen LogP contribution is -2.35. The minimum atomic E-state index is -0.890. The summed E-state index contributed by atoms with van der Waals surface area (Å²) in [6.07, 6.45) is 6.06. The summed E-state index contributed by atoms with van der Waals surface area (Å²) in [7, 11) is 0. The monoisotopic (exact) mass is 213 g/mol. The zero-order valence-electron chi connectivity index (χ0n) is 8.93. The van der Waals surface area contributed by atoms with Crippen LogP contribution in [0.25, 0.3) is 0 Å². The van der Waals surface area contributed by atoms with Crippen molar-refractivity contribution in [1.29, 1.82) is 0 Å². The molecule has 1 atom stereocenters. The molecule has 1 aliphatic heterocycles. The molecule has 0 amide bonds. The van der Waals surface area contributed by atoms with Gasteiger partial charge in [0, 0.05) is 25.8 Å². The number of aliphatic carboxylic acids is 1. The Morgan fingerprint density at radius 1 is 1.53 bits per heavy atom. The molecule has 1 rings (SSSR count). The van der Waals surface area contributed by atoms with Gasteiger partial charge in [-0.3, -0.25) is 4.90 Å². The molecular formula is C11H19NO3. The summed E-state index contributed by atoms with van der Waals surface area (Å²) >= 11 is 0. The van der Waals surface area contributed by atoms with Crippen LogP contribution in [0.15, 0.2) is 12.2 Å². The maximum absolute atomic E-state index is 10.3. The highest BCUT2D eigenvalue weighted by Crippen LogP contribution is 2.18. The predicted octanol–water partition coefficient (Wildman–Crippen LogP) is 0.722. The zero-order chi connectivity index (χ0) is 11.1. The van der Waals surface area contributed by atoms with E-state index in [1.54, 1.807) is 6.08 Å². The molecule has 4 heteroatoms. The number of likely N-dealkylation sites (tertiary alicyclic amines) is 1. The average molecular weight is 213 g/mol. The number of piperidine rings is 1. The van der Waals surface area contributed by atoms with Gasteiger partial charge in [-0.1, -0.05) is 6.08 Å². The summed E-state index contributed by atoms with van der Waals surface area (Å²) in [5.74, 6) is -0.319. The summed E-state index contributed by atoms with van der Waals surface area (Å²) in [6, 6.07) is 0. The van der Waals surface area contributed by atoms with Crippen molar-refractivity contribution in [3.05, 3.63) is 12.2 Å². The van der Waals surface area contributed by atoms with Crippen molar-refractivity contribution in [2.24, 2.45) is 5.92 Å². The Hall–Kier alpha value is -0.870. The van der Waals surface area contributed by atoms with Crippen molar-refractivity contribution in [3.63, 3.8) is 0 Å². The Morgan fingerprint density at radius 3 is 3.00 bits per heavy atom. The van der Waals surface area contributed by atoms with Crippen LogP contribution in [-0.4, -0.2) is 47.3 Å². The number of carbonyl (C=O) groups is 1. The number of aliphatic hydroxyl groups excluding tert-OH is 1. The maximum atomic E-state index is 10.3. The second kappa shape index (κ2) is 6.58. The van der Waals surface area contributed by atoms with E-state index >= 15 is 0 Å². The Balaban J connectivity index is 2.26. The molecule has 86 valence electrons. The summed E-state index contributed by atoms with van der Waals surface area (Å²) in [6.45, 7) is 2.97. The Kier molecular flexibility index (Phi) is 5.36. The first-order valence-corrected chi connectivity index (χ1v) is 5.45. The molecule has 0 aromatic rings. The van der Waals surface area contributed by atoms with E-state index < -0.39 is 5.97 Å². The van der Waals surface area contributed by atoms with Gasteiger partial charge in [-0.2, -0.15) is 0 Å². The lowest BCUT2D eigenvalue weighted by Gasteiger charge is -2.31. The zero-order valence-corrected chi connectivity index (χ0v) is 8.93. The summed E-state index contributed by atoms with van der Waals surface area (Å²) < 4.78 is 0. The van der Waals surface area contributed by atoms with Gasteiger partial charge in [-0.05, 0) is 31.7 Å². The van der Waals surface area contributed by atoms with Crippen LogP contribution in [0.1, 0.15) is 19.3 Å². The first-order chi connectivity index (χ1) is 7.22. The molecule has 2 N–H and O–H groups in total. The van der Waals surface area contributed by atoms with E-state index in [1.165, 1.54) is 12.5 Å². The van der Waals surface area contributed by atoms with Gasteiger partial charge in [-0.25, -0.2) is 4.79 Å². The molecule has 15 heavy (non-hydrogen) atoms. The number of aliphatic hydroxyl groups is 1. The second-order valence-corrected chi connectivity index (χ2v) is 4.02. The van der Waals surface area contributed by atoms with Gasteiger partial charge in [-0.15, -0.1) is 0 Å². The SMILES string of the molecule is O=C(O)/C=C/CN1CCCC(CCO)C1. The molecule has 1 heterocycles. The average Bonchev–Trinajstić information content (AvgIpc) is 2.18. The number of rotatable bonds is 5. The molecule has 0 bridgehead atoms. The van der Waals surface area contributed by atoms with Gasteiger partial charge in [0.2, 0.25) is 0 Å². The Morgan fingerprint density at radius 2 is 2.33 bits per heavy atom. The fourth-order valence-electron chi connectivity index (χ4n) is 2.04. The topological polar surface area (TPSA) is 60.8 Å². The van der Waals surface area contributed by atoms with Crippen LogP contribution in [0.4, 0.5) is 0 Å². The molecule has 0 spiro atoms. The van der Waals surface area contributed by atoms with Crippen molar-refractivity contribution >= 4 is 5.97 Å². The van der Waals surface area contributed by atoms with E-state index in [0.29, 0.717) is 12.5 Å². The Labute approximate surface area is 90.2 Å². The van der Waals surface area contributed by atoms with Crippen LogP contribution in [0.3, 0.4) is 0 Å². The number of nitrogens with zero attached hydrogens (tertiary/aromatic N) is 1. The third-order valence-corrected chi connectivity index (χ3v) is 2.76. The van der Waals surface area contributed by atoms with Crippen LogP contribution < -0.4 is 0 Å². The molecule has 0 aliphatic carbocycles. The van der Waals surface area contributed by atoms with Crippen LogP contribution in [-0.2, 0) is 4.79 Å². The molecular weight excluding hydrogens is 194 g/mol. The lowest BCUT2D eigenvalue weighted by molar-refractivity contribution is -0.131. The summed E-state index contributed by atoms with van der Waals surface area (Å²) in [5.41, 5.74) is 0. The fraction of sp³-hybridized carbons (Fsp3) is 0.727. The fourth-order valence-corrected chi connectivity index (χ4v) is 2.04. The van der Waals surface area contributed by atoms with Gasteiger partial charge in [0.25, 0.3) is 0 Å². The second-order valence-electron chi connectivity index (χ2n) is 4.02. The third-order valence-electron chi connectivity index (χ3n) is 2.76. The standard InChI is InChI=1S/C11H19NO3/c13-8-5-10-3-1-6-12(9-10)7-2-4-11(14)15/h2,4,10,13H,1,3,5-9H2,(H,14,15)/b4-2+. The van der Waals surface area contributed by atoms with Gasteiger partial charge < -0.3 is 10.2 Å². The molecule has 1 saturated heterocycles. The number of hydrogen-bond acceptors (Lipinski definition) is 3. The lowest BCUT2D eigenvalue weighted by atomic mass is 9.95. The van der Waals surface area contributed by atoms with Gasteiger partial charge in [0.15, 0.2) is 0 Å². The van der Waals surface area contributed by atoms with E-state index in [9.17, 15) is 4.79 Å². The van der Waals surface area contributed by atoms with E-state index in [2.05, 4.69) is 4.90 Å². The molecule has 0 radical (unpaired) electrons. The first-order valence-electron chi connectivity index (χ1n) is 5.45. The minimum absolute atomic E-state index is 0.253. The van der Waals surface area contributed by atoms with Gasteiger partial charge in [0.1, 0.15) is 0 Å². The number of carboxylic acid groups (broad SMARTS) is 1. The number of hydrogen-bond donors (Lipinski definition) is 2. The third kappa shape index (κ3) is 4.95. The summed E-state index contributed by atoms with van der Waals surface area (Å²) in [5, 5.41) is 17.3. The quantitative estimate of drug-likeness (QED) is 0.661. The highest BCUT2D eigenvalue weighted by atomic mass is 16.4. The van der Waals surface area contributed by atoms with Crippen molar-refractivity contribution in [3.8, 4) is 0 Å². The van der Waals surface area contributed by atoms with Crippen molar-refractivity contribution in [2.45, 2.75) is 19.3 Å². The van der Waals surface area contributed by atoms with Gasteiger partial charge >= 0.3 is 5.97 Å². The smallest absolute Gasteiger partial charge is 0.328 e. The molecule has 4 nitrogen and oxygen atoms in total. The normalized spacial score (nSPS) is 23.4. The van der Waals surface area contributed by atoms with Crippen LogP contribution in [0.2, 0.25) is 0 Å². The minimum Gasteiger partial charge on any atom is -0.478 e. The van der Waals surface area contributed by atoms with E-state index in [1.807, 2.05) is 0 Å². The summed E-state index contributed by atoms with van der Waals surface area (Å²) in [4.78, 5) is 12.5. The predicted molar refractivity (Wildman–Crippen MR) is 57.6 cm³/mol. The van der Waals surface area contributed by atoms with Crippen LogP contribution in [0.5, 0.6) is 0 Å². The van der Waals surface area contributed by atoms with E-state index in [4.69, 9.17) is 10.2 Å². The van der Waals surface area contributed by atoms with Crippen molar-refractivity contribution < 1.29 is 15.0 Å². The first kappa shape index (κ1) is 12.2. The molecule has 1 aliphatic rings. The maximum Gasteiger partial charge on any atom is 0.328 e. The molecule has 0 saturated carbocycles. The van der Waals surface area contributed by atoms with Gasteiger partial charge in [0.05, 0.1) is 0 Å². The largest absolute Gasteiger partial charge is 0.478 e. The molecule has 1 unspecified atom stereocenters. The highest BCUT2D eigenvalue weighted by Gasteiger charge is 2.18. The number of carboxylic acids is 1. The van der Waals surface area contributed by atoms with E-state index in [0.717, 1.165) is 25.9 Å². The van der Waals surface area contributed by atoms with Crippen molar-refractivity contribution in [2.75, 3.05) is 26.2 Å². The molecule has 0 aromatic carbocycles. The van der Waals surface area contributed by atoms with E-state index in [-0.39, 0.29) is 6.61 Å². The highest BCUT2D eigenvalue weighted by molar-refractivity contribution is 5.79. The molecule has 0 aromatic heterocycles. The van der Waals surface area contributed by atoms with Crippen LogP contribution >= 0.6 is 0 Å². The Bertz CT molecular complexity index is 226.